The van der Waals surface area contributed by atoms with Crippen LogP contribution in [0.4, 0.5) is 0 Å². The van der Waals surface area contributed by atoms with Gasteiger partial charge in [-0.25, -0.2) is 12.7 Å². The number of sulfonamides is 1. The molecule has 26 heavy (non-hydrogen) atoms. The number of aliphatic imine (C=N–C) groups is 1. The summed E-state index contributed by atoms with van der Waals surface area (Å²) < 4.78 is 30.7. The number of nitrogens with one attached hydrogen (secondary N) is 2. The number of hydrogen-bond acceptors (Lipinski definition) is 4. The Bertz CT molecular complexity index is 523. The Morgan fingerprint density at radius 1 is 1.08 bits per heavy atom. The van der Waals surface area contributed by atoms with Crippen LogP contribution < -0.4 is 10.6 Å². The third-order valence-corrected chi connectivity index (χ3v) is 6.68. The van der Waals surface area contributed by atoms with Crippen molar-refractivity contribution in [2.75, 3.05) is 46.1 Å². The molecule has 152 valence electrons. The molecular weight excluding hydrogens is 352 g/mol. The second-order valence-corrected chi connectivity index (χ2v) is 9.45. The SMILES string of the molecule is CN=C(NCCOC1CCCCCC1)NCC1CCN(S(C)(=O)=O)CC1. The number of piperidine rings is 1. The van der Waals surface area contributed by atoms with Crippen molar-refractivity contribution in [1.29, 1.82) is 0 Å². The predicted molar refractivity (Wildman–Crippen MR) is 106 cm³/mol. The first-order valence-electron chi connectivity index (χ1n) is 10.0. The van der Waals surface area contributed by atoms with E-state index in [1.165, 1.54) is 44.8 Å². The summed E-state index contributed by atoms with van der Waals surface area (Å²) in [7, 11) is -1.28. The van der Waals surface area contributed by atoms with Crippen LogP contribution in [-0.2, 0) is 14.8 Å². The third-order valence-electron chi connectivity index (χ3n) is 5.37. The lowest BCUT2D eigenvalue weighted by atomic mass is 9.98. The normalized spacial score (nSPS) is 22.2. The minimum atomic E-state index is -3.05. The molecule has 2 rings (SSSR count). The summed E-state index contributed by atoms with van der Waals surface area (Å²) in [6.07, 6.45) is 11.2. The van der Waals surface area contributed by atoms with Gasteiger partial charge in [0.15, 0.2) is 5.96 Å². The third kappa shape index (κ3) is 7.80. The van der Waals surface area contributed by atoms with Crippen LogP contribution in [0.2, 0.25) is 0 Å². The highest BCUT2D eigenvalue weighted by atomic mass is 32.2. The molecule has 1 aliphatic carbocycles. The summed E-state index contributed by atoms with van der Waals surface area (Å²) >= 11 is 0. The topological polar surface area (TPSA) is 83.0 Å². The van der Waals surface area contributed by atoms with Crippen molar-refractivity contribution in [3.63, 3.8) is 0 Å². The first-order valence-corrected chi connectivity index (χ1v) is 11.8. The van der Waals surface area contributed by atoms with Crippen molar-refractivity contribution in [3.8, 4) is 0 Å². The first kappa shape index (κ1) is 21.4. The molecule has 0 aromatic rings. The summed E-state index contributed by atoms with van der Waals surface area (Å²) in [5.74, 6) is 1.27. The molecule has 0 aromatic heterocycles. The van der Waals surface area contributed by atoms with Gasteiger partial charge < -0.3 is 15.4 Å². The Hall–Kier alpha value is -0.860. The molecule has 0 aromatic carbocycles. The Morgan fingerprint density at radius 2 is 1.73 bits per heavy atom. The van der Waals surface area contributed by atoms with E-state index in [0.29, 0.717) is 31.7 Å². The summed E-state index contributed by atoms with van der Waals surface area (Å²) in [6, 6.07) is 0. The number of hydrogen-bond donors (Lipinski definition) is 2. The number of nitrogens with zero attached hydrogens (tertiary/aromatic N) is 2. The van der Waals surface area contributed by atoms with Gasteiger partial charge in [0, 0.05) is 33.2 Å². The summed E-state index contributed by atoms with van der Waals surface area (Å²) in [4.78, 5) is 4.26. The zero-order valence-electron chi connectivity index (χ0n) is 16.4. The lowest BCUT2D eigenvalue weighted by Gasteiger charge is -2.30. The molecule has 1 saturated heterocycles. The maximum atomic E-state index is 11.6. The quantitative estimate of drug-likeness (QED) is 0.299. The second kappa shape index (κ2) is 11.1. The lowest BCUT2D eigenvalue weighted by molar-refractivity contribution is 0.0468. The van der Waals surface area contributed by atoms with Crippen LogP contribution in [0.25, 0.3) is 0 Å². The monoisotopic (exact) mass is 388 g/mol. The zero-order chi connectivity index (χ0) is 18.8. The van der Waals surface area contributed by atoms with Crippen LogP contribution in [-0.4, -0.2) is 70.9 Å². The molecule has 2 aliphatic rings. The molecule has 0 amide bonds. The Balaban J connectivity index is 1.58. The van der Waals surface area contributed by atoms with Gasteiger partial charge in [-0.15, -0.1) is 0 Å². The second-order valence-electron chi connectivity index (χ2n) is 7.47. The van der Waals surface area contributed by atoms with Gasteiger partial charge in [0.1, 0.15) is 0 Å². The summed E-state index contributed by atoms with van der Waals surface area (Å²) in [5.41, 5.74) is 0. The first-order chi connectivity index (χ1) is 12.5. The van der Waals surface area contributed by atoms with E-state index in [9.17, 15) is 8.42 Å². The molecule has 0 radical (unpaired) electrons. The smallest absolute Gasteiger partial charge is 0.211 e. The maximum absolute atomic E-state index is 11.6. The van der Waals surface area contributed by atoms with E-state index in [2.05, 4.69) is 15.6 Å². The van der Waals surface area contributed by atoms with Gasteiger partial charge >= 0.3 is 0 Å². The van der Waals surface area contributed by atoms with Gasteiger partial charge in [-0.1, -0.05) is 25.7 Å². The van der Waals surface area contributed by atoms with Crippen LogP contribution in [0.1, 0.15) is 51.4 Å². The molecule has 0 spiro atoms. The van der Waals surface area contributed by atoms with E-state index < -0.39 is 10.0 Å². The molecule has 1 heterocycles. The molecule has 8 heteroatoms. The van der Waals surface area contributed by atoms with Crippen LogP contribution in [0.5, 0.6) is 0 Å². The standard InChI is InChI=1S/C18H36N4O3S/c1-19-18(20-11-14-25-17-7-5-3-4-6-8-17)21-15-16-9-12-22(13-10-16)26(2,23)24/h16-17H,3-15H2,1-2H3,(H2,19,20,21). The van der Waals surface area contributed by atoms with Crippen molar-refractivity contribution >= 4 is 16.0 Å². The van der Waals surface area contributed by atoms with Crippen molar-refractivity contribution in [1.82, 2.24) is 14.9 Å². The van der Waals surface area contributed by atoms with Gasteiger partial charge in [0.2, 0.25) is 10.0 Å². The molecule has 1 aliphatic heterocycles. The Kier molecular flexibility index (Phi) is 9.15. The van der Waals surface area contributed by atoms with Gasteiger partial charge in [0.25, 0.3) is 0 Å². The van der Waals surface area contributed by atoms with Crippen LogP contribution in [0.15, 0.2) is 4.99 Å². The van der Waals surface area contributed by atoms with Crippen LogP contribution in [0, 0.1) is 5.92 Å². The molecule has 0 unspecified atom stereocenters. The highest BCUT2D eigenvalue weighted by Crippen LogP contribution is 2.20. The van der Waals surface area contributed by atoms with Gasteiger partial charge in [0.05, 0.1) is 19.0 Å². The largest absolute Gasteiger partial charge is 0.376 e. The number of rotatable bonds is 7. The van der Waals surface area contributed by atoms with Crippen molar-refractivity contribution < 1.29 is 13.2 Å². The average molecular weight is 389 g/mol. The number of guanidine groups is 1. The fourth-order valence-corrected chi connectivity index (χ4v) is 4.58. The maximum Gasteiger partial charge on any atom is 0.211 e. The van der Waals surface area contributed by atoms with Crippen LogP contribution in [0.3, 0.4) is 0 Å². The molecule has 7 nitrogen and oxygen atoms in total. The minimum absolute atomic E-state index is 0.425. The van der Waals surface area contributed by atoms with Gasteiger partial charge in [-0.3, -0.25) is 4.99 Å². The van der Waals surface area contributed by atoms with E-state index in [-0.39, 0.29) is 0 Å². The van der Waals surface area contributed by atoms with Crippen molar-refractivity contribution in [2.24, 2.45) is 10.9 Å². The molecule has 2 N–H and O–H groups in total. The summed E-state index contributed by atoms with van der Waals surface area (Å²) in [5, 5.41) is 6.66. The highest BCUT2D eigenvalue weighted by Gasteiger charge is 2.24. The average Bonchev–Trinajstić information content (AvgIpc) is 2.89. The van der Waals surface area contributed by atoms with E-state index >= 15 is 0 Å². The zero-order valence-corrected chi connectivity index (χ0v) is 17.2. The molecule has 1 saturated carbocycles. The van der Waals surface area contributed by atoms with E-state index in [1.807, 2.05) is 0 Å². The fraction of sp³-hybridized carbons (Fsp3) is 0.944. The Morgan fingerprint density at radius 3 is 2.31 bits per heavy atom. The highest BCUT2D eigenvalue weighted by molar-refractivity contribution is 7.88. The van der Waals surface area contributed by atoms with E-state index in [1.54, 1.807) is 11.4 Å². The summed E-state index contributed by atoms with van der Waals surface area (Å²) in [6.45, 7) is 3.51. The van der Waals surface area contributed by atoms with Crippen molar-refractivity contribution in [2.45, 2.75) is 57.5 Å². The minimum Gasteiger partial charge on any atom is -0.376 e. The molecular formula is C18H36N4O3S. The lowest BCUT2D eigenvalue weighted by Crippen LogP contribution is -2.44. The van der Waals surface area contributed by atoms with Crippen LogP contribution >= 0.6 is 0 Å². The fourth-order valence-electron chi connectivity index (χ4n) is 3.71. The molecule has 0 bridgehead atoms. The molecule has 0 atom stereocenters. The number of ether oxygens (including phenoxy) is 1. The van der Waals surface area contributed by atoms with E-state index in [0.717, 1.165) is 31.9 Å². The Labute approximate surface area is 159 Å². The van der Waals surface area contributed by atoms with Gasteiger partial charge in [-0.2, -0.15) is 0 Å². The van der Waals surface area contributed by atoms with Crippen molar-refractivity contribution in [3.05, 3.63) is 0 Å². The predicted octanol–water partition coefficient (Wildman–Crippen LogP) is 1.56. The van der Waals surface area contributed by atoms with E-state index in [4.69, 9.17) is 4.74 Å². The van der Waals surface area contributed by atoms with Gasteiger partial charge in [-0.05, 0) is 31.6 Å². The molecule has 2 fully saturated rings.